The summed E-state index contributed by atoms with van der Waals surface area (Å²) in [5, 5.41) is 28.0. The molecule has 0 fully saturated rings. The number of carbonyl (C=O) groups is 1. The average molecular weight is 365 g/mol. The highest BCUT2D eigenvalue weighted by atomic mass is 32.1. The highest BCUT2D eigenvalue weighted by Gasteiger charge is 2.04. The van der Waals surface area contributed by atoms with Gasteiger partial charge in [0, 0.05) is 16.6 Å². The van der Waals surface area contributed by atoms with E-state index in [1.54, 1.807) is 18.2 Å². The van der Waals surface area contributed by atoms with E-state index >= 15 is 0 Å². The molecule has 7 heteroatoms. The van der Waals surface area contributed by atoms with Crippen molar-refractivity contribution < 1.29 is 15.0 Å². The largest absolute Gasteiger partial charge is 0.507 e. The quantitative estimate of drug-likeness (QED) is 0.321. The summed E-state index contributed by atoms with van der Waals surface area (Å²) in [4.78, 5) is 10.8. The van der Waals surface area contributed by atoms with E-state index in [0.29, 0.717) is 11.3 Å². The van der Waals surface area contributed by atoms with Gasteiger partial charge in [-0.05, 0) is 47.9 Å². The second kappa shape index (κ2) is 7.62. The van der Waals surface area contributed by atoms with Crippen molar-refractivity contribution >= 4 is 46.0 Å². The Morgan fingerprint density at radius 3 is 2.50 bits per heavy atom. The molecule has 0 saturated heterocycles. The summed E-state index contributed by atoms with van der Waals surface area (Å²) in [5.74, 6) is -0.839. The van der Waals surface area contributed by atoms with Gasteiger partial charge >= 0.3 is 5.97 Å². The van der Waals surface area contributed by atoms with Crippen molar-refractivity contribution in [3.05, 3.63) is 71.8 Å². The number of thiocarbonyl (C=S) groups is 1. The first kappa shape index (κ1) is 17.4. The molecule has 0 aliphatic heterocycles. The Morgan fingerprint density at radius 1 is 1.04 bits per heavy atom. The van der Waals surface area contributed by atoms with Gasteiger partial charge in [-0.15, -0.1) is 0 Å². The summed E-state index contributed by atoms with van der Waals surface area (Å²) in [6, 6.07) is 17.4. The molecule has 0 aliphatic rings. The number of carboxylic acid groups (broad SMARTS) is 1. The minimum atomic E-state index is -0.989. The van der Waals surface area contributed by atoms with Crippen molar-refractivity contribution in [1.82, 2.24) is 5.43 Å². The number of phenols is 1. The summed E-state index contributed by atoms with van der Waals surface area (Å²) >= 11 is 5.13. The molecule has 0 amide bonds. The fraction of sp³-hybridized carbons (Fsp3) is 0. The van der Waals surface area contributed by atoms with Crippen molar-refractivity contribution in [1.29, 1.82) is 0 Å². The molecule has 0 aliphatic carbocycles. The van der Waals surface area contributed by atoms with Gasteiger partial charge in [-0.25, -0.2) is 4.79 Å². The lowest BCUT2D eigenvalue weighted by Gasteiger charge is -2.07. The first-order chi connectivity index (χ1) is 12.5. The third-order valence-corrected chi connectivity index (χ3v) is 3.88. The number of hydrogen-bond donors (Lipinski definition) is 4. The van der Waals surface area contributed by atoms with Gasteiger partial charge in [0.25, 0.3) is 0 Å². The topological polar surface area (TPSA) is 94.0 Å². The van der Waals surface area contributed by atoms with Gasteiger partial charge in [0.15, 0.2) is 5.11 Å². The number of hydrogen-bond acceptors (Lipinski definition) is 4. The van der Waals surface area contributed by atoms with Gasteiger partial charge in [-0.3, -0.25) is 5.43 Å². The SMILES string of the molecule is O=C(O)c1ccc(NC(=S)NN=Cc2ccc3ccccc3c2O)cc1. The first-order valence-electron chi connectivity index (χ1n) is 7.69. The third kappa shape index (κ3) is 3.96. The Morgan fingerprint density at radius 2 is 1.77 bits per heavy atom. The van der Waals surface area contributed by atoms with Crippen molar-refractivity contribution in [3.8, 4) is 5.75 Å². The molecule has 3 rings (SSSR count). The third-order valence-electron chi connectivity index (χ3n) is 3.69. The molecule has 0 bridgehead atoms. The average Bonchev–Trinajstić information content (AvgIpc) is 2.64. The number of nitrogens with zero attached hydrogens (tertiary/aromatic N) is 1. The van der Waals surface area contributed by atoms with Crippen LogP contribution >= 0.6 is 12.2 Å². The highest BCUT2D eigenvalue weighted by Crippen LogP contribution is 2.27. The van der Waals surface area contributed by atoms with Crippen LogP contribution in [0.4, 0.5) is 5.69 Å². The van der Waals surface area contributed by atoms with Crippen LogP contribution in [0.25, 0.3) is 10.8 Å². The number of anilines is 1. The number of hydrazone groups is 1. The van der Waals surface area contributed by atoms with Crippen LogP contribution in [-0.2, 0) is 0 Å². The molecule has 0 saturated carbocycles. The van der Waals surface area contributed by atoms with E-state index < -0.39 is 5.97 Å². The molecule has 0 aromatic heterocycles. The lowest BCUT2D eigenvalue weighted by molar-refractivity contribution is 0.0697. The van der Waals surface area contributed by atoms with Crippen molar-refractivity contribution in [3.63, 3.8) is 0 Å². The number of aromatic carboxylic acids is 1. The van der Waals surface area contributed by atoms with Crippen LogP contribution in [0.3, 0.4) is 0 Å². The summed E-state index contributed by atoms with van der Waals surface area (Å²) in [6.07, 6.45) is 1.48. The standard InChI is InChI=1S/C19H15N3O3S/c23-17-14(6-5-12-3-1-2-4-16(12)17)11-20-22-19(26)21-15-9-7-13(8-10-15)18(24)25/h1-11,23H,(H,24,25)(H2,21,22,26). The van der Waals surface area contributed by atoms with Gasteiger partial charge in [-0.1, -0.05) is 30.3 Å². The molecule has 0 radical (unpaired) electrons. The fourth-order valence-electron chi connectivity index (χ4n) is 2.39. The summed E-state index contributed by atoms with van der Waals surface area (Å²) in [6.45, 7) is 0. The van der Waals surface area contributed by atoms with E-state index in [4.69, 9.17) is 17.3 Å². The maximum absolute atomic E-state index is 10.8. The minimum absolute atomic E-state index is 0.150. The van der Waals surface area contributed by atoms with Crippen molar-refractivity contribution in [2.45, 2.75) is 0 Å². The molecule has 26 heavy (non-hydrogen) atoms. The van der Waals surface area contributed by atoms with Gasteiger partial charge in [-0.2, -0.15) is 5.10 Å². The Hall–Kier alpha value is -3.45. The summed E-state index contributed by atoms with van der Waals surface area (Å²) in [7, 11) is 0. The maximum atomic E-state index is 10.8. The minimum Gasteiger partial charge on any atom is -0.507 e. The molecule has 0 spiro atoms. The zero-order valence-electron chi connectivity index (χ0n) is 13.5. The van der Waals surface area contributed by atoms with Crippen LogP contribution in [0.5, 0.6) is 5.75 Å². The van der Waals surface area contributed by atoms with Gasteiger partial charge in [0.1, 0.15) is 5.75 Å². The van der Waals surface area contributed by atoms with Crippen LogP contribution < -0.4 is 10.7 Å². The van der Waals surface area contributed by atoms with Crippen LogP contribution in [0, 0.1) is 0 Å². The highest BCUT2D eigenvalue weighted by molar-refractivity contribution is 7.80. The fourth-order valence-corrected chi connectivity index (χ4v) is 2.56. The number of benzene rings is 3. The van der Waals surface area contributed by atoms with E-state index in [9.17, 15) is 9.90 Å². The predicted molar refractivity (Wildman–Crippen MR) is 106 cm³/mol. The summed E-state index contributed by atoms with van der Waals surface area (Å²) in [5.41, 5.74) is 4.04. The van der Waals surface area contributed by atoms with Crippen molar-refractivity contribution in [2.75, 3.05) is 5.32 Å². The molecule has 4 N–H and O–H groups in total. The molecule has 0 heterocycles. The van der Waals surface area contributed by atoms with Crippen LogP contribution in [0.15, 0.2) is 65.8 Å². The Kier molecular flexibility index (Phi) is 5.09. The Balaban J connectivity index is 1.64. The van der Waals surface area contributed by atoms with Crippen LogP contribution in [-0.4, -0.2) is 27.5 Å². The zero-order valence-corrected chi connectivity index (χ0v) is 14.3. The smallest absolute Gasteiger partial charge is 0.335 e. The number of fused-ring (bicyclic) bond motifs is 1. The van der Waals surface area contributed by atoms with E-state index in [1.165, 1.54) is 18.3 Å². The second-order valence-electron chi connectivity index (χ2n) is 5.43. The molecular weight excluding hydrogens is 350 g/mol. The van der Waals surface area contributed by atoms with E-state index in [0.717, 1.165) is 10.8 Å². The van der Waals surface area contributed by atoms with Gasteiger partial charge < -0.3 is 15.5 Å². The Bertz CT molecular complexity index is 1000. The molecule has 3 aromatic rings. The number of carboxylic acids is 1. The lowest BCUT2D eigenvalue weighted by atomic mass is 10.1. The van der Waals surface area contributed by atoms with Crippen LogP contribution in [0.2, 0.25) is 0 Å². The molecule has 6 nitrogen and oxygen atoms in total. The van der Waals surface area contributed by atoms with E-state index in [2.05, 4.69) is 15.8 Å². The Labute approximate surface area is 154 Å². The molecule has 3 aromatic carbocycles. The van der Waals surface area contributed by atoms with E-state index in [1.807, 2.05) is 30.3 Å². The van der Waals surface area contributed by atoms with Gasteiger partial charge in [0.05, 0.1) is 11.8 Å². The van der Waals surface area contributed by atoms with Crippen LogP contribution in [0.1, 0.15) is 15.9 Å². The molecular formula is C19H15N3O3S. The predicted octanol–water partition coefficient (Wildman–Crippen LogP) is 3.56. The number of rotatable bonds is 4. The van der Waals surface area contributed by atoms with Crippen molar-refractivity contribution in [2.24, 2.45) is 5.10 Å². The zero-order chi connectivity index (χ0) is 18.5. The number of phenolic OH excluding ortho intramolecular Hbond substituents is 1. The summed E-state index contributed by atoms with van der Waals surface area (Å²) < 4.78 is 0. The maximum Gasteiger partial charge on any atom is 0.335 e. The second-order valence-corrected chi connectivity index (χ2v) is 5.84. The molecule has 0 unspecified atom stereocenters. The molecule has 130 valence electrons. The van der Waals surface area contributed by atoms with Gasteiger partial charge in [0.2, 0.25) is 0 Å². The monoisotopic (exact) mass is 365 g/mol. The number of nitrogens with one attached hydrogen (secondary N) is 2. The normalized spacial score (nSPS) is 10.8. The molecule has 0 atom stereocenters. The lowest BCUT2D eigenvalue weighted by Crippen LogP contribution is -2.23. The number of aromatic hydroxyl groups is 1. The van der Waals surface area contributed by atoms with E-state index in [-0.39, 0.29) is 16.4 Å². The first-order valence-corrected chi connectivity index (χ1v) is 8.09.